The van der Waals surface area contributed by atoms with Crippen LogP contribution in [0.3, 0.4) is 0 Å². The van der Waals surface area contributed by atoms with Gasteiger partial charge in [-0.2, -0.15) is 0 Å². The van der Waals surface area contributed by atoms with Crippen molar-refractivity contribution in [3.63, 3.8) is 0 Å². The second-order valence-electron chi connectivity index (χ2n) is 9.97. The topological polar surface area (TPSA) is 77.5 Å². The van der Waals surface area contributed by atoms with E-state index >= 15 is 0 Å². The first-order valence-electron chi connectivity index (χ1n) is 12.0. The molecule has 2 heterocycles. The molecule has 1 fully saturated rings. The third-order valence-electron chi connectivity index (χ3n) is 5.96. The molecule has 3 unspecified atom stereocenters. The van der Waals surface area contributed by atoms with E-state index in [1.165, 1.54) is 0 Å². The Bertz CT molecular complexity index is 1120. The SMILES string of the molecule is CC(C)(C)OC(=O)NC(Cc1ccccc1)C1CC(Cc2ccc(-c3ccccn3)cc2)C(=O)O1. The van der Waals surface area contributed by atoms with Crippen LogP contribution in [0.5, 0.6) is 0 Å². The summed E-state index contributed by atoms with van der Waals surface area (Å²) in [7, 11) is 0. The van der Waals surface area contributed by atoms with Crippen LogP contribution >= 0.6 is 0 Å². The largest absolute Gasteiger partial charge is 0.460 e. The molecule has 0 spiro atoms. The number of hydrogen-bond donors (Lipinski definition) is 1. The lowest BCUT2D eigenvalue weighted by molar-refractivity contribution is -0.145. The van der Waals surface area contributed by atoms with E-state index in [1.54, 1.807) is 6.20 Å². The fourth-order valence-corrected chi connectivity index (χ4v) is 4.32. The van der Waals surface area contributed by atoms with Crippen molar-refractivity contribution >= 4 is 12.1 Å². The molecule has 35 heavy (non-hydrogen) atoms. The number of amides is 1. The van der Waals surface area contributed by atoms with Gasteiger partial charge in [-0.05, 0) is 56.9 Å². The molecule has 0 bridgehead atoms. The molecular weight excluding hydrogens is 440 g/mol. The van der Waals surface area contributed by atoms with E-state index in [2.05, 4.69) is 10.3 Å². The van der Waals surface area contributed by atoms with Crippen molar-refractivity contribution in [2.24, 2.45) is 5.92 Å². The Morgan fingerprint density at radius 3 is 2.40 bits per heavy atom. The van der Waals surface area contributed by atoms with Gasteiger partial charge in [0.15, 0.2) is 0 Å². The summed E-state index contributed by atoms with van der Waals surface area (Å²) in [5.74, 6) is -0.493. The first-order valence-corrected chi connectivity index (χ1v) is 12.0. The quantitative estimate of drug-likeness (QED) is 0.469. The number of aromatic nitrogens is 1. The smallest absolute Gasteiger partial charge is 0.408 e. The van der Waals surface area contributed by atoms with Crippen molar-refractivity contribution in [3.8, 4) is 11.3 Å². The van der Waals surface area contributed by atoms with Crippen LogP contribution < -0.4 is 5.32 Å². The van der Waals surface area contributed by atoms with Crippen molar-refractivity contribution in [2.75, 3.05) is 0 Å². The summed E-state index contributed by atoms with van der Waals surface area (Å²) in [6.07, 6.45) is 2.51. The molecule has 4 rings (SSSR count). The average Bonchev–Trinajstić information content (AvgIpc) is 3.19. The van der Waals surface area contributed by atoms with Crippen LogP contribution in [0.25, 0.3) is 11.3 Å². The minimum Gasteiger partial charge on any atom is -0.460 e. The van der Waals surface area contributed by atoms with Gasteiger partial charge < -0.3 is 14.8 Å². The maximum absolute atomic E-state index is 12.8. The molecule has 1 N–H and O–H groups in total. The summed E-state index contributed by atoms with van der Waals surface area (Å²) in [5, 5.41) is 2.95. The van der Waals surface area contributed by atoms with Gasteiger partial charge >= 0.3 is 12.1 Å². The molecule has 1 saturated heterocycles. The molecule has 3 atom stereocenters. The Morgan fingerprint density at radius 1 is 1.03 bits per heavy atom. The zero-order chi connectivity index (χ0) is 24.8. The number of nitrogens with one attached hydrogen (secondary N) is 1. The lowest BCUT2D eigenvalue weighted by Crippen LogP contribution is -2.46. The number of carbonyl (C=O) groups is 2. The fraction of sp³-hybridized carbons (Fsp3) is 0.345. The van der Waals surface area contributed by atoms with Gasteiger partial charge in [0, 0.05) is 18.2 Å². The Balaban J connectivity index is 1.43. The zero-order valence-corrected chi connectivity index (χ0v) is 20.4. The monoisotopic (exact) mass is 472 g/mol. The van der Waals surface area contributed by atoms with Crippen LogP contribution in [0.15, 0.2) is 79.0 Å². The highest BCUT2D eigenvalue weighted by Crippen LogP contribution is 2.29. The van der Waals surface area contributed by atoms with Crippen LogP contribution in [0.1, 0.15) is 38.3 Å². The number of pyridine rings is 1. The number of alkyl carbamates (subject to hydrolysis) is 1. The highest BCUT2D eigenvalue weighted by molar-refractivity contribution is 5.75. The van der Waals surface area contributed by atoms with Gasteiger partial charge in [0.05, 0.1) is 17.7 Å². The molecule has 1 aromatic heterocycles. The van der Waals surface area contributed by atoms with Crippen molar-refractivity contribution < 1.29 is 19.1 Å². The van der Waals surface area contributed by atoms with Crippen LogP contribution in [-0.2, 0) is 27.1 Å². The second-order valence-corrected chi connectivity index (χ2v) is 9.97. The number of benzene rings is 2. The highest BCUT2D eigenvalue weighted by atomic mass is 16.6. The van der Waals surface area contributed by atoms with Crippen LogP contribution in [0, 0.1) is 5.92 Å². The summed E-state index contributed by atoms with van der Waals surface area (Å²) in [4.78, 5) is 29.7. The lowest BCUT2D eigenvalue weighted by atomic mass is 9.91. The van der Waals surface area contributed by atoms with E-state index in [9.17, 15) is 9.59 Å². The number of cyclic esters (lactones) is 1. The van der Waals surface area contributed by atoms with Crippen molar-refractivity contribution in [2.45, 2.75) is 57.8 Å². The molecule has 0 aliphatic carbocycles. The van der Waals surface area contributed by atoms with Gasteiger partial charge in [0.2, 0.25) is 0 Å². The molecule has 1 amide bonds. The van der Waals surface area contributed by atoms with Crippen molar-refractivity contribution in [3.05, 3.63) is 90.1 Å². The molecule has 1 aliphatic rings. The molecule has 6 heteroatoms. The normalized spacial score (nSPS) is 18.5. The molecule has 3 aromatic rings. The number of hydrogen-bond acceptors (Lipinski definition) is 5. The van der Waals surface area contributed by atoms with E-state index in [1.807, 2.05) is 93.6 Å². The minimum atomic E-state index is -0.613. The van der Waals surface area contributed by atoms with Gasteiger partial charge in [-0.15, -0.1) is 0 Å². The molecule has 2 aromatic carbocycles. The van der Waals surface area contributed by atoms with Gasteiger partial charge in [-0.25, -0.2) is 4.79 Å². The Hall–Kier alpha value is -3.67. The predicted octanol–water partition coefficient (Wildman–Crippen LogP) is 5.36. The van der Waals surface area contributed by atoms with Crippen LogP contribution in [0.2, 0.25) is 0 Å². The zero-order valence-electron chi connectivity index (χ0n) is 20.4. The predicted molar refractivity (Wildman–Crippen MR) is 135 cm³/mol. The molecule has 1 aliphatic heterocycles. The third kappa shape index (κ3) is 6.92. The number of rotatable bonds is 7. The standard InChI is InChI=1S/C29H32N2O4/c1-29(2,3)35-28(33)31-25(18-20-9-5-4-6-10-20)26-19-23(27(32)34-26)17-21-12-14-22(15-13-21)24-11-7-8-16-30-24/h4-16,23,25-26H,17-19H2,1-3H3,(H,31,33). The van der Waals surface area contributed by atoms with E-state index in [4.69, 9.17) is 9.47 Å². The second kappa shape index (κ2) is 10.7. The van der Waals surface area contributed by atoms with Gasteiger partial charge in [-0.1, -0.05) is 60.7 Å². The number of esters is 1. The third-order valence-corrected chi connectivity index (χ3v) is 5.96. The van der Waals surface area contributed by atoms with Gasteiger partial charge in [0.1, 0.15) is 11.7 Å². The molecule has 182 valence electrons. The first kappa shape index (κ1) is 24.5. The summed E-state index contributed by atoms with van der Waals surface area (Å²) in [6.45, 7) is 5.47. The summed E-state index contributed by atoms with van der Waals surface area (Å²) in [6, 6.07) is 23.4. The van der Waals surface area contributed by atoms with E-state index in [-0.39, 0.29) is 17.9 Å². The lowest BCUT2D eigenvalue weighted by Gasteiger charge is -2.26. The minimum absolute atomic E-state index is 0.229. The number of carbonyl (C=O) groups excluding carboxylic acids is 2. The molecule has 0 radical (unpaired) electrons. The van der Waals surface area contributed by atoms with E-state index < -0.39 is 17.8 Å². The average molecular weight is 473 g/mol. The van der Waals surface area contributed by atoms with Crippen molar-refractivity contribution in [1.29, 1.82) is 0 Å². The van der Waals surface area contributed by atoms with Gasteiger partial charge in [-0.3, -0.25) is 9.78 Å². The first-order chi connectivity index (χ1) is 16.8. The van der Waals surface area contributed by atoms with E-state index in [0.29, 0.717) is 19.3 Å². The van der Waals surface area contributed by atoms with Crippen LogP contribution in [-0.4, -0.2) is 34.8 Å². The number of ether oxygens (including phenoxy) is 2. The summed E-state index contributed by atoms with van der Waals surface area (Å²) < 4.78 is 11.3. The number of nitrogens with zero attached hydrogens (tertiary/aromatic N) is 1. The maximum Gasteiger partial charge on any atom is 0.408 e. The Kier molecular flexibility index (Phi) is 7.49. The molecule has 6 nitrogen and oxygen atoms in total. The van der Waals surface area contributed by atoms with E-state index in [0.717, 1.165) is 22.4 Å². The Morgan fingerprint density at radius 2 is 1.74 bits per heavy atom. The van der Waals surface area contributed by atoms with Crippen LogP contribution in [0.4, 0.5) is 4.79 Å². The fourth-order valence-electron chi connectivity index (χ4n) is 4.32. The van der Waals surface area contributed by atoms with Crippen molar-refractivity contribution in [1.82, 2.24) is 10.3 Å². The van der Waals surface area contributed by atoms with Gasteiger partial charge in [0.25, 0.3) is 0 Å². The maximum atomic E-state index is 12.8. The molecular formula is C29H32N2O4. The summed E-state index contributed by atoms with van der Waals surface area (Å²) >= 11 is 0. The molecule has 0 saturated carbocycles. The Labute approximate surface area is 206 Å². The highest BCUT2D eigenvalue weighted by Gasteiger charge is 2.40. The summed E-state index contributed by atoms with van der Waals surface area (Å²) in [5.41, 5.74) is 3.45.